The molecular weight excluding hydrogens is 280 g/mol. The monoisotopic (exact) mass is 300 g/mol. The first-order chi connectivity index (χ1) is 10.0. The number of hydrogen-bond donors (Lipinski definition) is 1. The molecule has 2 aliphatic rings. The van der Waals surface area contributed by atoms with Gasteiger partial charge in [-0.05, 0) is 19.3 Å². The Balaban J connectivity index is 2.04. The number of hydrogen-bond acceptors (Lipinski definition) is 5. The molecule has 0 aromatic heterocycles. The molecule has 118 valence electrons. The number of piperidine rings is 1. The van der Waals surface area contributed by atoms with Crippen LogP contribution in [0.2, 0.25) is 0 Å². The molecule has 0 radical (unpaired) electrons. The average Bonchev–Trinajstić information content (AvgIpc) is 2.53. The number of aliphatic carboxylic acids is 1. The van der Waals surface area contributed by atoms with E-state index < -0.39 is 24.1 Å². The highest BCUT2D eigenvalue weighted by Gasteiger charge is 2.37. The van der Waals surface area contributed by atoms with Crippen molar-refractivity contribution in [3.8, 4) is 0 Å². The number of carboxylic acids is 1. The number of esters is 1. The second kappa shape index (κ2) is 6.75. The number of amides is 2. The summed E-state index contributed by atoms with van der Waals surface area (Å²) in [5.41, 5.74) is 0. The van der Waals surface area contributed by atoms with Crippen molar-refractivity contribution in [2.24, 2.45) is 0 Å². The summed E-state index contributed by atoms with van der Waals surface area (Å²) in [5, 5.41) is 9.22. The van der Waals surface area contributed by atoms with Gasteiger partial charge in [0.15, 0.2) is 6.10 Å². The highest BCUT2D eigenvalue weighted by molar-refractivity contribution is 5.83. The smallest absolute Gasteiger partial charge is 0.336 e. The average molecular weight is 300 g/mol. The van der Waals surface area contributed by atoms with E-state index in [0.717, 1.165) is 12.8 Å². The Morgan fingerprint density at radius 2 is 2.00 bits per heavy atom. The van der Waals surface area contributed by atoms with Gasteiger partial charge in [-0.25, -0.2) is 14.4 Å². The molecule has 0 spiro atoms. The van der Waals surface area contributed by atoms with Crippen molar-refractivity contribution in [1.29, 1.82) is 0 Å². The molecule has 0 aromatic carbocycles. The molecule has 2 rings (SSSR count). The first kappa shape index (κ1) is 15.6. The van der Waals surface area contributed by atoms with Gasteiger partial charge in [0.25, 0.3) is 0 Å². The van der Waals surface area contributed by atoms with Gasteiger partial charge in [0.2, 0.25) is 0 Å². The first-order valence-electron chi connectivity index (χ1n) is 7.02. The summed E-state index contributed by atoms with van der Waals surface area (Å²) in [6.07, 6.45) is 1.25. The third-order valence-electron chi connectivity index (χ3n) is 3.83. The summed E-state index contributed by atoms with van der Waals surface area (Å²) in [6.45, 7) is 1.09. The van der Waals surface area contributed by atoms with Crippen molar-refractivity contribution in [1.82, 2.24) is 9.80 Å². The normalized spacial score (nSPS) is 26.3. The summed E-state index contributed by atoms with van der Waals surface area (Å²) in [7, 11) is 1.26. The van der Waals surface area contributed by atoms with Crippen LogP contribution in [-0.4, -0.2) is 78.4 Å². The van der Waals surface area contributed by atoms with Crippen LogP contribution in [0.3, 0.4) is 0 Å². The van der Waals surface area contributed by atoms with Gasteiger partial charge in [-0.1, -0.05) is 0 Å². The molecule has 21 heavy (non-hydrogen) atoms. The zero-order valence-electron chi connectivity index (χ0n) is 12.0. The lowest BCUT2D eigenvalue weighted by Crippen LogP contribution is -2.57. The van der Waals surface area contributed by atoms with Gasteiger partial charge in [-0.3, -0.25) is 0 Å². The Bertz CT molecular complexity index is 427. The van der Waals surface area contributed by atoms with E-state index in [1.165, 1.54) is 16.9 Å². The maximum Gasteiger partial charge on any atom is 0.336 e. The molecule has 0 saturated carbocycles. The van der Waals surface area contributed by atoms with Gasteiger partial charge in [0, 0.05) is 13.1 Å². The Labute approximate surface area is 122 Å². The summed E-state index contributed by atoms with van der Waals surface area (Å²) in [6, 6.07) is -1.13. The lowest BCUT2D eigenvalue weighted by molar-refractivity contribution is -0.159. The molecule has 0 aromatic rings. The van der Waals surface area contributed by atoms with E-state index in [-0.39, 0.29) is 19.2 Å². The highest BCUT2D eigenvalue weighted by Crippen LogP contribution is 2.20. The number of likely N-dealkylation sites (tertiary alicyclic amines) is 1. The molecule has 0 aliphatic carbocycles. The van der Waals surface area contributed by atoms with Crippen LogP contribution < -0.4 is 0 Å². The van der Waals surface area contributed by atoms with E-state index in [9.17, 15) is 19.5 Å². The standard InChI is InChI=1S/C13H20N2O6/c1-20-12(18)10-8-14(6-7-21-10)13(19)15-5-3-2-4-9(15)11(16)17/h9-10H,2-8H2,1H3,(H,16,17). The van der Waals surface area contributed by atoms with Gasteiger partial charge in [-0.15, -0.1) is 0 Å². The van der Waals surface area contributed by atoms with Crippen LogP contribution in [0, 0.1) is 0 Å². The third-order valence-corrected chi connectivity index (χ3v) is 3.83. The quantitative estimate of drug-likeness (QED) is 0.717. The van der Waals surface area contributed by atoms with Crippen LogP contribution in [0.1, 0.15) is 19.3 Å². The number of ether oxygens (including phenoxy) is 2. The predicted molar refractivity (Wildman–Crippen MR) is 70.7 cm³/mol. The van der Waals surface area contributed by atoms with E-state index in [2.05, 4.69) is 4.74 Å². The van der Waals surface area contributed by atoms with Crippen LogP contribution in [0.15, 0.2) is 0 Å². The van der Waals surface area contributed by atoms with Gasteiger partial charge >= 0.3 is 18.0 Å². The molecule has 2 amide bonds. The summed E-state index contributed by atoms with van der Waals surface area (Å²) in [4.78, 5) is 38.1. The van der Waals surface area contributed by atoms with Crippen LogP contribution in [-0.2, 0) is 19.1 Å². The Kier molecular flexibility index (Phi) is 5.00. The second-order valence-electron chi connectivity index (χ2n) is 5.15. The number of rotatable bonds is 2. The minimum absolute atomic E-state index is 0.0916. The Hall–Kier alpha value is -1.83. The summed E-state index contributed by atoms with van der Waals surface area (Å²) in [5.74, 6) is -1.51. The molecule has 8 heteroatoms. The molecule has 2 heterocycles. The van der Waals surface area contributed by atoms with E-state index in [0.29, 0.717) is 19.5 Å². The van der Waals surface area contributed by atoms with Gasteiger partial charge in [0.05, 0.1) is 20.3 Å². The fraction of sp³-hybridized carbons (Fsp3) is 0.769. The SMILES string of the molecule is COC(=O)C1CN(C(=O)N2CCCCC2C(=O)O)CCO1. The molecular formula is C13H20N2O6. The molecule has 2 saturated heterocycles. The van der Waals surface area contributed by atoms with Gasteiger partial charge in [-0.2, -0.15) is 0 Å². The number of urea groups is 1. The fourth-order valence-corrected chi connectivity index (χ4v) is 2.70. The molecule has 2 aliphatic heterocycles. The number of carbonyl (C=O) groups is 3. The topological polar surface area (TPSA) is 96.4 Å². The van der Waals surface area contributed by atoms with Crippen molar-refractivity contribution < 1.29 is 29.0 Å². The van der Waals surface area contributed by atoms with Crippen LogP contribution >= 0.6 is 0 Å². The second-order valence-corrected chi connectivity index (χ2v) is 5.15. The largest absolute Gasteiger partial charge is 0.480 e. The number of carbonyl (C=O) groups excluding carboxylic acids is 2. The molecule has 2 unspecified atom stereocenters. The van der Waals surface area contributed by atoms with Crippen LogP contribution in [0.5, 0.6) is 0 Å². The highest BCUT2D eigenvalue weighted by atomic mass is 16.6. The predicted octanol–water partition coefficient (Wildman–Crippen LogP) is -0.0807. The molecule has 8 nitrogen and oxygen atoms in total. The number of carboxylic acid groups (broad SMARTS) is 1. The first-order valence-corrected chi connectivity index (χ1v) is 7.02. The van der Waals surface area contributed by atoms with Crippen molar-refractivity contribution in [3.63, 3.8) is 0 Å². The van der Waals surface area contributed by atoms with Crippen molar-refractivity contribution in [3.05, 3.63) is 0 Å². The van der Waals surface area contributed by atoms with Crippen molar-refractivity contribution in [2.45, 2.75) is 31.4 Å². The lowest BCUT2D eigenvalue weighted by Gasteiger charge is -2.39. The minimum Gasteiger partial charge on any atom is -0.480 e. The molecule has 2 atom stereocenters. The van der Waals surface area contributed by atoms with E-state index >= 15 is 0 Å². The zero-order valence-corrected chi connectivity index (χ0v) is 12.0. The van der Waals surface area contributed by atoms with Gasteiger partial charge < -0.3 is 24.4 Å². The number of morpholine rings is 1. The maximum atomic E-state index is 12.5. The lowest BCUT2D eigenvalue weighted by atomic mass is 10.0. The van der Waals surface area contributed by atoms with E-state index in [1.54, 1.807) is 0 Å². The maximum absolute atomic E-state index is 12.5. The number of nitrogens with zero attached hydrogens (tertiary/aromatic N) is 2. The van der Waals surface area contributed by atoms with Crippen LogP contribution in [0.25, 0.3) is 0 Å². The fourth-order valence-electron chi connectivity index (χ4n) is 2.70. The molecule has 2 fully saturated rings. The summed E-state index contributed by atoms with van der Waals surface area (Å²) < 4.78 is 9.88. The Morgan fingerprint density at radius 3 is 2.67 bits per heavy atom. The molecule has 0 bridgehead atoms. The van der Waals surface area contributed by atoms with E-state index in [1.807, 2.05) is 0 Å². The van der Waals surface area contributed by atoms with E-state index in [4.69, 9.17) is 4.74 Å². The van der Waals surface area contributed by atoms with Gasteiger partial charge in [0.1, 0.15) is 6.04 Å². The van der Waals surface area contributed by atoms with Crippen molar-refractivity contribution >= 4 is 18.0 Å². The molecule has 1 N–H and O–H groups in total. The number of methoxy groups -OCH3 is 1. The van der Waals surface area contributed by atoms with Crippen molar-refractivity contribution in [2.75, 3.05) is 33.4 Å². The van der Waals surface area contributed by atoms with Crippen LogP contribution in [0.4, 0.5) is 4.79 Å². The minimum atomic E-state index is -0.985. The Morgan fingerprint density at radius 1 is 1.24 bits per heavy atom. The zero-order chi connectivity index (χ0) is 15.4. The summed E-state index contributed by atoms with van der Waals surface area (Å²) >= 11 is 0. The third kappa shape index (κ3) is 3.44.